The van der Waals surface area contributed by atoms with Crippen LogP contribution in [0.2, 0.25) is 0 Å². The summed E-state index contributed by atoms with van der Waals surface area (Å²) in [5.41, 5.74) is 2.85. The molecule has 4 nitrogen and oxygen atoms in total. The minimum Gasteiger partial charge on any atom is -0.399 e. The third-order valence-corrected chi connectivity index (χ3v) is 2.35. The van der Waals surface area contributed by atoms with Crippen molar-refractivity contribution in [2.75, 3.05) is 7.11 Å². The Labute approximate surface area is 81.6 Å². The Hall–Kier alpha value is -1.58. The van der Waals surface area contributed by atoms with Gasteiger partial charge in [0.2, 0.25) is 5.56 Å². The van der Waals surface area contributed by atoms with Crippen LogP contribution in [0, 0.1) is 0 Å². The van der Waals surface area contributed by atoms with E-state index in [1.165, 1.54) is 13.2 Å². The molecule has 0 aliphatic heterocycles. The first kappa shape index (κ1) is 8.99. The van der Waals surface area contributed by atoms with Gasteiger partial charge in [0.15, 0.2) is 0 Å². The quantitative estimate of drug-likeness (QED) is 0.676. The van der Waals surface area contributed by atoms with Crippen molar-refractivity contribution in [2.45, 2.75) is 19.3 Å². The number of rotatable bonds is 1. The van der Waals surface area contributed by atoms with Gasteiger partial charge in [-0.2, -0.15) is 0 Å². The van der Waals surface area contributed by atoms with Crippen molar-refractivity contribution < 1.29 is 4.84 Å². The first-order valence-corrected chi connectivity index (χ1v) is 4.64. The number of nitrogens with zero attached hydrogens (tertiary/aromatic N) is 1. The molecular weight excluding hydrogens is 180 g/mol. The topological polar surface area (TPSA) is 54.4 Å². The Kier molecular flexibility index (Phi) is 2.35. The minimum atomic E-state index is -0.0533. The van der Waals surface area contributed by atoms with Gasteiger partial charge in [0.1, 0.15) is 7.11 Å². The molecule has 2 rings (SSSR count). The number of fused-ring (bicyclic) bond motifs is 1. The molecule has 1 aromatic rings. The molecule has 0 bridgehead atoms. The molecule has 0 fully saturated rings. The molecule has 1 aliphatic carbocycles. The molecule has 1 heterocycles. The van der Waals surface area contributed by atoms with Gasteiger partial charge < -0.3 is 9.82 Å². The van der Waals surface area contributed by atoms with E-state index in [4.69, 9.17) is 4.84 Å². The summed E-state index contributed by atoms with van der Waals surface area (Å²) in [4.78, 5) is 18.7. The predicted octanol–water partition coefficient (Wildman–Crippen LogP) is 1.06. The van der Waals surface area contributed by atoms with Crippen LogP contribution in [0.3, 0.4) is 0 Å². The predicted molar refractivity (Wildman–Crippen MR) is 53.5 cm³/mol. The molecule has 1 N–H and O–H groups in total. The molecule has 14 heavy (non-hydrogen) atoms. The van der Waals surface area contributed by atoms with Crippen LogP contribution in [0.1, 0.15) is 24.1 Å². The second-order valence-electron chi connectivity index (χ2n) is 3.29. The number of aryl methyl sites for hydroxylation is 1. The fourth-order valence-corrected chi connectivity index (χ4v) is 1.76. The van der Waals surface area contributed by atoms with Gasteiger partial charge in [-0.15, -0.1) is 0 Å². The van der Waals surface area contributed by atoms with Gasteiger partial charge in [-0.05, 0) is 25.3 Å². The molecule has 0 amide bonds. The molecule has 0 spiro atoms. The van der Waals surface area contributed by atoms with E-state index < -0.39 is 0 Å². The first-order valence-electron chi connectivity index (χ1n) is 4.64. The van der Waals surface area contributed by atoms with E-state index in [-0.39, 0.29) is 5.56 Å². The van der Waals surface area contributed by atoms with Crippen LogP contribution in [0.5, 0.6) is 0 Å². The molecule has 4 heteroatoms. The summed E-state index contributed by atoms with van der Waals surface area (Å²) < 4.78 is 0. The Balaban J connectivity index is 2.50. The van der Waals surface area contributed by atoms with Crippen molar-refractivity contribution in [3.63, 3.8) is 0 Å². The first-order chi connectivity index (χ1) is 6.81. The smallest absolute Gasteiger partial charge is 0.248 e. The molecule has 0 saturated carbocycles. The summed E-state index contributed by atoms with van der Waals surface area (Å²) in [6.45, 7) is 0. The van der Waals surface area contributed by atoms with Gasteiger partial charge in [-0.1, -0.05) is 5.16 Å². The average molecular weight is 192 g/mol. The van der Waals surface area contributed by atoms with E-state index in [9.17, 15) is 4.79 Å². The van der Waals surface area contributed by atoms with Gasteiger partial charge >= 0.3 is 0 Å². The van der Waals surface area contributed by atoms with Crippen LogP contribution < -0.4 is 5.56 Å². The van der Waals surface area contributed by atoms with Crippen molar-refractivity contribution in [2.24, 2.45) is 5.16 Å². The second kappa shape index (κ2) is 3.65. The minimum absolute atomic E-state index is 0.0533. The van der Waals surface area contributed by atoms with Gasteiger partial charge in [0.25, 0.3) is 0 Å². The number of pyridine rings is 1. The highest BCUT2D eigenvalue weighted by molar-refractivity contribution is 6.01. The summed E-state index contributed by atoms with van der Waals surface area (Å²) in [6, 6.07) is 3.33. The Bertz CT molecular complexity index is 420. The Morgan fingerprint density at radius 3 is 3.07 bits per heavy atom. The van der Waals surface area contributed by atoms with E-state index in [0.29, 0.717) is 0 Å². The van der Waals surface area contributed by atoms with Crippen LogP contribution in [-0.4, -0.2) is 17.8 Å². The molecule has 0 radical (unpaired) electrons. The summed E-state index contributed by atoms with van der Waals surface area (Å²) >= 11 is 0. The Morgan fingerprint density at radius 1 is 1.43 bits per heavy atom. The number of hydrogen-bond donors (Lipinski definition) is 1. The van der Waals surface area contributed by atoms with Crippen molar-refractivity contribution in [1.82, 2.24) is 4.98 Å². The fourth-order valence-electron chi connectivity index (χ4n) is 1.76. The highest BCUT2D eigenvalue weighted by Gasteiger charge is 2.16. The Morgan fingerprint density at radius 2 is 2.29 bits per heavy atom. The van der Waals surface area contributed by atoms with Crippen LogP contribution in [0.15, 0.2) is 22.1 Å². The lowest BCUT2D eigenvalue weighted by Crippen LogP contribution is -2.18. The molecule has 0 aromatic carbocycles. The maximum Gasteiger partial charge on any atom is 0.248 e. The maximum atomic E-state index is 11.1. The van der Waals surface area contributed by atoms with E-state index in [1.807, 2.05) is 6.07 Å². The molecule has 0 atom stereocenters. The third kappa shape index (κ3) is 1.55. The lowest BCUT2D eigenvalue weighted by Gasteiger charge is -2.15. The van der Waals surface area contributed by atoms with Crippen LogP contribution in [-0.2, 0) is 11.3 Å². The maximum absolute atomic E-state index is 11.1. The van der Waals surface area contributed by atoms with E-state index in [2.05, 4.69) is 10.1 Å². The van der Waals surface area contributed by atoms with E-state index >= 15 is 0 Å². The summed E-state index contributed by atoms with van der Waals surface area (Å²) in [7, 11) is 1.53. The molecule has 0 saturated heterocycles. The van der Waals surface area contributed by atoms with Crippen molar-refractivity contribution in [3.05, 3.63) is 33.7 Å². The normalized spacial score (nSPS) is 17.9. The van der Waals surface area contributed by atoms with Crippen molar-refractivity contribution in [1.29, 1.82) is 0 Å². The number of oxime groups is 1. The van der Waals surface area contributed by atoms with Crippen LogP contribution in [0.25, 0.3) is 0 Å². The van der Waals surface area contributed by atoms with Crippen LogP contribution in [0.4, 0.5) is 0 Å². The number of hydrogen-bond acceptors (Lipinski definition) is 3. The van der Waals surface area contributed by atoms with Crippen molar-refractivity contribution >= 4 is 5.71 Å². The zero-order valence-corrected chi connectivity index (χ0v) is 8.04. The summed E-state index contributed by atoms with van der Waals surface area (Å²) in [6.07, 6.45) is 2.83. The lowest BCUT2D eigenvalue weighted by molar-refractivity contribution is 0.212. The number of nitrogens with one attached hydrogen (secondary N) is 1. The SMILES string of the molecule is CO/N=C1/CCCc2[nH]c(=O)ccc21. The zero-order chi connectivity index (χ0) is 9.97. The number of H-pyrrole nitrogens is 1. The summed E-state index contributed by atoms with van der Waals surface area (Å²) in [5, 5.41) is 3.95. The van der Waals surface area contributed by atoms with Crippen molar-refractivity contribution in [3.8, 4) is 0 Å². The summed E-state index contributed by atoms with van der Waals surface area (Å²) in [5.74, 6) is 0. The van der Waals surface area contributed by atoms with E-state index in [0.717, 1.165) is 36.2 Å². The molecule has 1 aromatic heterocycles. The standard InChI is InChI=1S/C10H12N2O2/c1-14-12-9-4-2-3-8-7(9)5-6-10(13)11-8/h5-6H,2-4H2,1H3,(H,11,13)/b12-9-. The second-order valence-corrected chi connectivity index (χ2v) is 3.29. The molecule has 0 unspecified atom stereocenters. The fraction of sp³-hybridized carbons (Fsp3) is 0.400. The third-order valence-electron chi connectivity index (χ3n) is 2.35. The van der Waals surface area contributed by atoms with E-state index in [1.54, 1.807) is 0 Å². The van der Waals surface area contributed by atoms with Gasteiger partial charge in [-0.3, -0.25) is 4.79 Å². The molecular formula is C10H12N2O2. The molecule has 1 aliphatic rings. The lowest BCUT2D eigenvalue weighted by atomic mass is 9.94. The zero-order valence-electron chi connectivity index (χ0n) is 8.04. The highest BCUT2D eigenvalue weighted by atomic mass is 16.6. The largest absolute Gasteiger partial charge is 0.399 e. The monoisotopic (exact) mass is 192 g/mol. The van der Waals surface area contributed by atoms with Gasteiger partial charge in [-0.25, -0.2) is 0 Å². The number of aromatic amines is 1. The highest BCUT2D eigenvalue weighted by Crippen LogP contribution is 2.18. The van der Waals surface area contributed by atoms with Gasteiger partial charge in [0.05, 0.1) is 5.71 Å². The van der Waals surface area contributed by atoms with Gasteiger partial charge in [0, 0.05) is 17.3 Å². The van der Waals surface area contributed by atoms with Crippen LogP contribution >= 0.6 is 0 Å². The average Bonchev–Trinajstić information content (AvgIpc) is 2.18. The number of aromatic nitrogens is 1. The molecule has 74 valence electrons.